The smallest absolute Gasteiger partial charge is 0.207 e. The lowest BCUT2D eigenvalue weighted by atomic mass is 10.2. The van der Waals surface area contributed by atoms with Crippen LogP contribution in [0.1, 0.15) is 19.0 Å². The normalized spacial score (nSPS) is 11.4. The van der Waals surface area contributed by atoms with E-state index in [1.807, 2.05) is 34.5 Å². The minimum atomic E-state index is 0.467. The summed E-state index contributed by atoms with van der Waals surface area (Å²) in [5.74, 6) is 0.467. The van der Waals surface area contributed by atoms with Crippen LogP contribution in [0.25, 0.3) is 16.9 Å². The number of anilines is 1. The highest BCUT2D eigenvalue weighted by Crippen LogP contribution is 2.31. The molecule has 0 spiro atoms. The lowest BCUT2D eigenvalue weighted by Crippen LogP contribution is -2.05. The van der Waals surface area contributed by atoms with E-state index < -0.39 is 0 Å². The van der Waals surface area contributed by atoms with Gasteiger partial charge in [0.15, 0.2) is 5.65 Å². The molecule has 0 saturated heterocycles. The van der Waals surface area contributed by atoms with Gasteiger partial charge in [-0.05, 0) is 40.5 Å². The molecule has 0 aliphatic heterocycles. The Labute approximate surface area is 139 Å². The second-order valence-corrected chi connectivity index (χ2v) is 6.66. The Morgan fingerprint density at radius 1 is 1.29 bits per heavy atom. The molecule has 0 amide bonds. The monoisotopic (exact) mass is 411 g/mol. The van der Waals surface area contributed by atoms with Crippen molar-refractivity contribution in [1.29, 1.82) is 0 Å². The van der Waals surface area contributed by atoms with E-state index in [0.29, 0.717) is 5.95 Å². The van der Waals surface area contributed by atoms with Gasteiger partial charge in [-0.2, -0.15) is 5.10 Å². The highest BCUT2D eigenvalue weighted by Gasteiger charge is 2.19. The Kier molecular flexibility index (Phi) is 3.79. The van der Waals surface area contributed by atoms with Crippen LogP contribution in [0.4, 0.5) is 5.95 Å². The van der Waals surface area contributed by atoms with E-state index in [4.69, 9.17) is 5.73 Å². The zero-order valence-electron chi connectivity index (χ0n) is 11.8. The average molecular weight is 413 g/mol. The molecule has 0 unspecified atom stereocenters. The van der Waals surface area contributed by atoms with Gasteiger partial charge in [0.05, 0.1) is 11.4 Å². The molecule has 0 bridgehead atoms. The maximum atomic E-state index is 6.16. The fourth-order valence-corrected chi connectivity index (χ4v) is 3.27. The molecule has 3 aromatic rings. The van der Waals surface area contributed by atoms with Gasteiger partial charge in [0.1, 0.15) is 5.52 Å². The van der Waals surface area contributed by atoms with Crippen LogP contribution < -0.4 is 5.73 Å². The fraction of sp³-hybridized carbons (Fsp3) is 0.286. The van der Waals surface area contributed by atoms with Crippen molar-refractivity contribution >= 4 is 49.0 Å². The van der Waals surface area contributed by atoms with Crippen molar-refractivity contribution in [1.82, 2.24) is 19.3 Å². The number of halogens is 2. The SMILES string of the molecule is CCCc1nn(C)c2c1nc(N)n2-c1cc(Br)ccc1Br. The summed E-state index contributed by atoms with van der Waals surface area (Å²) in [5.41, 5.74) is 9.88. The van der Waals surface area contributed by atoms with E-state index >= 15 is 0 Å². The molecular weight excluding hydrogens is 398 g/mol. The summed E-state index contributed by atoms with van der Waals surface area (Å²) in [4.78, 5) is 4.52. The molecular formula is C14H15Br2N5. The first-order valence-electron chi connectivity index (χ1n) is 6.68. The van der Waals surface area contributed by atoms with E-state index in [1.165, 1.54) is 0 Å². The number of rotatable bonds is 3. The first-order chi connectivity index (χ1) is 10.0. The number of aryl methyl sites for hydroxylation is 2. The quantitative estimate of drug-likeness (QED) is 0.711. The number of hydrogen-bond acceptors (Lipinski definition) is 3. The third-order valence-corrected chi connectivity index (χ3v) is 4.53. The van der Waals surface area contributed by atoms with Gasteiger partial charge in [-0.25, -0.2) is 9.67 Å². The van der Waals surface area contributed by atoms with Crippen LogP contribution in [0.5, 0.6) is 0 Å². The Morgan fingerprint density at radius 3 is 2.76 bits per heavy atom. The maximum Gasteiger partial charge on any atom is 0.207 e. The van der Waals surface area contributed by atoms with Crippen molar-refractivity contribution in [2.45, 2.75) is 19.8 Å². The number of fused-ring (bicyclic) bond motifs is 1. The highest BCUT2D eigenvalue weighted by molar-refractivity contribution is 9.11. The van der Waals surface area contributed by atoms with E-state index in [-0.39, 0.29) is 0 Å². The summed E-state index contributed by atoms with van der Waals surface area (Å²) < 4.78 is 5.71. The Balaban J connectivity index is 2.32. The number of nitrogens with two attached hydrogens (primary N) is 1. The van der Waals surface area contributed by atoms with Crippen molar-refractivity contribution in [3.63, 3.8) is 0 Å². The minimum Gasteiger partial charge on any atom is -0.369 e. The molecule has 3 rings (SSSR count). The van der Waals surface area contributed by atoms with Crippen LogP contribution in [0.2, 0.25) is 0 Å². The molecule has 5 nitrogen and oxygen atoms in total. The van der Waals surface area contributed by atoms with Crippen molar-refractivity contribution in [3.8, 4) is 5.69 Å². The number of benzene rings is 1. The molecule has 0 fully saturated rings. The van der Waals surface area contributed by atoms with Crippen LogP contribution in [0, 0.1) is 0 Å². The van der Waals surface area contributed by atoms with Crippen LogP contribution in [0.15, 0.2) is 27.1 Å². The Hall–Kier alpha value is -1.34. The number of aromatic nitrogens is 4. The minimum absolute atomic E-state index is 0.467. The van der Waals surface area contributed by atoms with Gasteiger partial charge < -0.3 is 5.73 Å². The van der Waals surface area contributed by atoms with Crippen molar-refractivity contribution in [2.75, 3.05) is 5.73 Å². The molecule has 2 aromatic heterocycles. The summed E-state index contributed by atoms with van der Waals surface area (Å²) in [6.07, 6.45) is 1.92. The molecule has 1 aromatic carbocycles. The van der Waals surface area contributed by atoms with Gasteiger partial charge in [-0.3, -0.25) is 4.57 Å². The number of hydrogen-bond donors (Lipinski definition) is 1. The van der Waals surface area contributed by atoms with Gasteiger partial charge in [0.2, 0.25) is 5.95 Å². The zero-order chi connectivity index (χ0) is 15.1. The fourth-order valence-electron chi connectivity index (χ4n) is 2.50. The second kappa shape index (κ2) is 5.46. The third-order valence-electron chi connectivity index (χ3n) is 3.37. The van der Waals surface area contributed by atoms with Crippen molar-refractivity contribution in [3.05, 3.63) is 32.8 Å². The van der Waals surface area contributed by atoms with E-state index in [1.54, 1.807) is 0 Å². The predicted octanol–water partition coefficient (Wildman–Crippen LogP) is 3.82. The van der Waals surface area contributed by atoms with Gasteiger partial charge in [0.25, 0.3) is 0 Å². The summed E-state index contributed by atoms with van der Waals surface area (Å²) >= 11 is 7.08. The molecule has 0 aliphatic carbocycles. The van der Waals surface area contributed by atoms with E-state index in [9.17, 15) is 0 Å². The molecule has 21 heavy (non-hydrogen) atoms. The number of imidazole rings is 1. The topological polar surface area (TPSA) is 61.7 Å². The van der Waals surface area contributed by atoms with Crippen LogP contribution in [-0.2, 0) is 13.5 Å². The van der Waals surface area contributed by atoms with E-state index in [0.717, 1.165) is 44.3 Å². The van der Waals surface area contributed by atoms with Crippen LogP contribution in [0.3, 0.4) is 0 Å². The third kappa shape index (κ3) is 2.38. The zero-order valence-corrected chi connectivity index (χ0v) is 14.9. The Morgan fingerprint density at radius 2 is 2.05 bits per heavy atom. The number of nitrogens with zero attached hydrogens (tertiary/aromatic N) is 4. The summed E-state index contributed by atoms with van der Waals surface area (Å²) in [6.45, 7) is 2.13. The van der Waals surface area contributed by atoms with E-state index in [2.05, 4.69) is 48.9 Å². The molecule has 2 N–H and O–H groups in total. The Bertz CT molecular complexity index is 818. The predicted molar refractivity (Wildman–Crippen MR) is 91.6 cm³/mol. The number of nitrogen functional groups attached to an aromatic ring is 1. The molecule has 0 saturated carbocycles. The molecule has 0 atom stereocenters. The van der Waals surface area contributed by atoms with Crippen molar-refractivity contribution in [2.24, 2.45) is 7.05 Å². The van der Waals surface area contributed by atoms with Gasteiger partial charge in [-0.1, -0.05) is 29.3 Å². The molecule has 7 heteroatoms. The lowest BCUT2D eigenvalue weighted by Gasteiger charge is -2.09. The second-order valence-electron chi connectivity index (χ2n) is 4.89. The summed E-state index contributed by atoms with van der Waals surface area (Å²) in [7, 11) is 1.92. The van der Waals surface area contributed by atoms with Crippen LogP contribution >= 0.6 is 31.9 Å². The lowest BCUT2D eigenvalue weighted by molar-refractivity contribution is 0.737. The highest BCUT2D eigenvalue weighted by atomic mass is 79.9. The van der Waals surface area contributed by atoms with Gasteiger partial charge in [0, 0.05) is 16.0 Å². The molecule has 2 heterocycles. The maximum absolute atomic E-state index is 6.16. The molecule has 110 valence electrons. The first kappa shape index (κ1) is 14.6. The molecule has 0 radical (unpaired) electrons. The summed E-state index contributed by atoms with van der Waals surface area (Å²) in [5, 5.41) is 4.57. The first-order valence-corrected chi connectivity index (χ1v) is 8.26. The standard InChI is InChI=1S/C14H15Br2N5/c1-3-4-10-12-13(20(2)19-10)21(14(17)18-12)11-7-8(15)5-6-9(11)16/h5-7H,3-4H2,1-2H3,(H2,17,18). The van der Waals surface area contributed by atoms with Gasteiger partial charge in [-0.15, -0.1) is 0 Å². The average Bonchev–Trinajstić information content (AvgIpc) is 2.91. The summed E-state index contributed by atoms with van der Waals surface area (Å²) in [6, 6.07) is 5.96. The van der Waals surface area contributed by atoms with Gasteiger partial charge >= 0.3 is 0 Å². The van der Waals surface area contributed by atoms with Crippen molar-refractivity contribution < 1.29 is 0 Å². The largest absolute Gasteiger partial charge is 0.369 e. The van der Waals surface area contributed by atoms with Crippen LogP contribution in [-0.4, -0.2) is 19.3 Å². The molecule has 0 aliphatic rings.